The molecule has 1 aromatic heterocycles. The number of aromatic carboxylic acids is 1. The van der Waals surface area contributed by atoms with E-state index in [2.05, 4.69) is 4.74 Å². The highest BCUT2D eigenvalue weighted by atomic mass is 16.5. The molecule has 0 fully saturated rings. The number of hydrogen-bond donors (Lipinski definition) is 1. The molecule has 0 atom stereocenters. The Bertz CT molecular complexity index is 625. The molecule has 2 rings (SSSR count). The maximum Gasteiger partial charge on any atom is 0.337 e. The molecule has 0 saturated heterocycles. The van der Waals surface area contributed by atoms with Crippen LogP contribution in [0.4, 0.5) is 0 Å². The highest BCUT2D eigenvalue weighted by molar-refractivity contribution is 5.90. The number of esters is 1. The molecule has 1 N–H and O–H groups in total. The molecule has 0 amide bonds. The van der Waals surface area contributed by atoms with E-state index in [1.54, 1.807) is 48.0 Å². The maximum absolute atomic E-state index is 11.3. The Morgan fingerprint density at radius 3 is 2.26 bits per heavy atom. The summed E-state index contributed by atoms with van der Waals surface area (Å²) in [5.74, 6) is -1.36. The van der Waals surface area contributed by atoms with Gasteiger partial charge in [-0.25, -0.2) is 9.59 Å². The molecule has 5 heteroatoms. The second-order valence-corrected chi connectivity index (χ2v) is 4.03. The van der Waals surface area contributed by atoms with Crippen molar-refractivity contribution in [2.75, 3.05) is 7.11 Å². The molecule has 0 saturated carbocycles. The number of methoxy groups -OCH3 is 1. The lowest BCUT2D eigenvalue weighted by molar-refractivity contribution is 0.0600. The molecule has 0 unspecified atom stereocenters. The van der Waals surface area contributed by atoms with Crippen LogP contribution in [0.1, 0.15) is 26.4 Å². The zero-order chi connectivity index (χ0) is 14.0. The van der Waals surface area contributed by atoms with Gasteiger partial charge in [-0.3, -0.25) is 0 Å². The summed E-state index contributed by atoms with van der Waals surface area (Å²) >= 11 is 0. The lowest BCUT2D eigenvalue weighted by atomic mass is 10.2. The Morgan fingerprint density at radius 1 is 1.16 bits per heavy atom. The van der Waals surface area contributed by atoms with Crippen LogP contribution in [0.3, 0.4) is 0 Å². The number of carboxylic acids is 1. The quantitative estimate of drug-likeness (QED) is 0.858. The Balaban J connectivity index is 2.38. The number of nitrogens with zero attached hydrogens (tertiary/aromatic N) is 1. The predicted octanol–water partition coefficient (Wildman–Crippen LogP) is 2.27. The van der Waals surface area contributed by atoms with Crippen LogP contribution in [-0.4, -0.2) is 28.7 Å². The van der Waals surface area contributed by atoms with E-state index in [1.165, 1.54) is 7.11 Å². The highest BCUT2D eigenvalue weighted by Gasteiger charge is 2.12. The summed E-state index contributed by atoms with van der Waals surface area (Å²) in [5.41, 5.74) is 2.14. The van der Waals surface area contributed by atoms with E-state index in [9.17, 15) is 9.59 Å². The van der Waals surface area contributed by atoms with E-state index in [-0.39, 0.29) is 5.56 Å². The molecule has 19 heavy (non-hydrogen) atoms. The number of hydrogen-bond acceptors (Lipinski definition) is 3. The molecule has 5 nitrogen and oxygen atoms in total. The van der Waals surface area contributed by atoms with Crippen LogP contribution < -0.4 is 0 Å². The summed E-state index contributed by atoms with van der Waals surface area (Å²) < 4.78 is 6.37. The van der Waals surface area contributed by atoms with Gasteiger partial charge in [0, 0.05) is 17.6 Å². The summed E-state index contributed by atoms with van der Waals surface area (Å²) in [6.45, 7) is 1.73. The molecule has 0 bridgehead atoms. The monoisotopic (exact) mass is 259 g/mol. The van der Waals surface area contributed by atoms with E-state index in [0.717, 1.165) is 5.69 Å². The minimum absolute atomic E-state index is 0.261. The van der Waals surface area contributed by atoms with Crippen molar-refractivity contribution < 1.29 is 19.4 Å². The lowest BCUT2D eigenvalue weighted by Gasteiger charge is -2.07. The first-order valence-corrected chi connectivity index (χ1v) is 5.64. The molecule has 0 aliphatic heterocycles. The molecule has 1 aromatic carbocycles. The van der Waals surface area contributed by atoms with Crippen molar-refractivity contribution in [1.82, 2.24) is 4.57 Å². The van der Waals surface area contributed by atoms with Crippen LogP contribution in [0.15, 0.2) is 36.5 Å². The normalized spacial score (nSPS) is 10.2. The van der Waals surface area contributed by atoms with Gasteiger partial charge in [-0.2, -0.15) is 0 Å². The Kier molecular flexibility index (Phi) is 3.37. The predicted molar refractivity (Wildman–Crippen MR) is 68.8 cm³/mol. The van der Waals surface area contributed by atoms with E-state index in [1.807, 2.05) is 0 Å². The molecule has 1 heterocycles. The van der Waals surface area contributed by atoms with Crippen LogP contribution in [0.2, 0.25) is 0 Å². The third-order valence-electron chi connectivity index (χ3n) is 2.94. The first kappa shape index (κ1) is 12.9. The summed E-state index contributed by atoms with van der Waals surface area (Å²) in [6.07, 6.45) is 1.69. The van der Waals surface area contributed by atoms with Crippen molar-refractivity contribution in [2.45, 2.75) is 6.92 Å². The van der Waals surface area contributed by atoms with Crippen molar-refractivity contribution in [1.29, 1.82) is 0 Å². The number of ether oxygens (including phenoxy) is 1. The second-order valence-electron chi connectivity index (χ2n) is 4.03. The van der Waals surface area contributed by atoms with Crippen LogP contribution in [-0.2, 0) is 4.74 Å². The van der Waals surface area contributed by atoms with Crippen LogP contribution in [0.5, 0.6) is 0 Å². The van der Waals surface area contributed by atoms with E-state index in [0.29, 0.717) is 11.3 Å². The SMILES string of the molecule is COC(=O)c1ccc(-n2ccc(C(=O)O)c2C)cc1. The average molecular weight is 259 g/mol. The molecule has 0 aliphatic rings. The van der Waals surface area contributed by atoms with Gasteiger partial charge in [-0.15, -0.1) is 0 Å². The van der Waals surface area contributed by atoms with Gasteiger partial charge in [0.25, 0.3) is 0 Å². The zero-order valence-electron chi connectivity index (χ0n) is 10.6. The largest absolute Gasteiger partial charge is 0.478 e. The van der Waals surface area contributed by atoms with Crippen molar-refractivity contribution >= 4 is 11.9 Å². The van der Waals surface area contributed by atoms with E-state index in [4.69, 9.17) is 5.11 Å². The minimum atomic E-state index is -0.956. The highest BCUT2D eigenvalue weighted by Crippen LogP contribution is 2.17. The van der Waals surface area contributed by atoms with Gasteiger partial charge in [0.05, 0.1) is 18.2 Å². The second kappa shape index (κ2) is 4.97. The Labute approximate surface area is 110 Å². The molecule has 0 spiro atoms. The number of carbonyl (C=O) groups is 2. The summed E-state index contributed by atoms with van der Waals surface area (Å²) in [6, 6.07) is 8.31. The fourth-order valence-electron chi connectivity index (χ4n) is 1.89. The minimum Gasteiger partial charge on any atom is -0.478 e. The molecule has 0 aliphatic carbocycles. The summed E-state index contributed by atoms with van der Waals surface area (Å²) in [5, 5.41) is 9.00. The van der Waals surface area contributed by atoms with Gasteiger partial charge in [0.2, 0.25) is 0 Å². The summed E-state index contributed by atoms with van der Waals surface area (Å²) in [4.78, 5) is 22.3. The Morgan fingerprint density at radius 2 is 1.79 bits per heavy atom. The maximum atomic E-state index is 11.3. The van der Waals surface area contributed by atoms with E-state index < -0.39 is 11.9 Å². The van der Waals surface area contributed by atoms with Gasteiger partial charge < -0.3 is 14.4 Å². The summed E-state index contributed by atoms with van der Waals surface area (Å²) in [7, 11) is 1.32. The average Bonchev–Trinajstić information content (AvgIpc) is 2.80. The van der Waals surface area contributed by atoms with Crippen molar-refractivity contribution in [3.05, 3.63) is 53.3 Å². The van der Waals surface area contributed by atoms with Gasteiger partial charge in [-0.05, 0) is 37.3 Å². The van der Waals surface area contributed by atoms with Crippen LogP contribution >= 0.6 is 0 Å². The van der Waals surface area contributed by atoms with Crippen LogP contribution in [0, 0.1) is 6.92 Å². The first-order chi connectivity index (χ1) is 9.04. The fourth-order valence-corrected chi connectivity index (χ4v) is 1.89. The van der Waals surface area contributed by atoms with Gasteiger partial charge in [0.15, 0.2) is 0 Å². The number of aromatic nitrogens is 1. The first-order valence-electron chi connectivity index (χ1n) is 5.64. The fraction of sp³-hybridized carbons (Fsp3) is 0.143. The molecule has 0 radical (unpaired) electrons. The van der Waals surface area contributed by atoms with Crippen molar-refractivity contribution in [3.63, 3.8) is 0 Å². The number of carbonyl (C=O) groups excluding carboxylic acids is 1. The molecule has 98 valence electrons. The zero-order valence-corrected chi connectivity index (χ0v) is 10.6. The van der Waals surface area contributed by atoms with Crippen LogP contribution in [0.25, 0.3) is 5.69 Å². The number of benzene rings is 1. The molecule has 2 aromatic rings. The Hall–Kier alpha value is -2.56. The molecular formula is C14H13NO4. The van der Waals surface area contributed by atoms with Gasteiger partial charge >= 0.3 is 11.9 Å². The smallest absolute Gasteiger partial charge is 0.337 e. The van der Waals surface area contributed by atoms with Crippen molar-refractivity contribution in [3.8, 4) is 5.69 Å². The van der Waals surface area contributed by atoms with Crippen molar-refractivity contribution in [2.24, 2.45) is 0 Å². The van der Waals surface area contributed by atoms with E-state index >= 15 is 0 Å². The standard InChI is InChI=1S/C14H13NO4/c1-9-12(13(16)17)7-8-15(9)11-5-3-10(4-6-11)14(18)19-2/h3-8H,1-2H3,(H,16,17). The van der Waals surface area contributed by atoms with Gasteiger partial charge in [-0.1, -0.05) is 0 Å². The number of rotatable bonds is 3. The third kappa shape index (κ3) is 2.35. The topological polar surface area (TPSA) is 68.5 Å². The lowest BCUT2D eigenvalue weighted by Crippen LogP contribution is -2.03. The number of carboxylic acid groups (broad SMARTS) is 1. The third-order valence-corrected chi connectivity index (χ3v) is 2.94. The van der Waals surface area contributed by atoms with Gasteiger partial charge in [0.1, 0.15) is 0 Å². The molecular weight excluding hydrogens is 246 g/mol.